The Morgan fingerprint density at radius 3 is 2.78 bits per heavy atom. The van der Waals surface area contributed by atoms with Gasteiger partial charge in [-0.2, -0.15) is 0 Å². The smallest absolute Gasteiger partial charge is 0.113 e. The standard InChI is InChI=1S/C14H25N3S/c1-11(2)16-14(13-15-12(3)10-18-13)6-5-8-17(4)9-7-14/h10-11,16H,5-9H2,1-4H3. The zero-order chi connectivity index (χ0) is 13.2. The first-order valence-electron chi connectivity index (χ1n) is 6.91. The average molecular weight is 267 g/mol. The third-order valence-electron chi connectivity index (χ3n) is 3.66. The summed E-state index contributed by atoms with van der Waals surface area (Å²) in [6.07, 6.45) is 3.60. The van der Waals surface area contributed by atoms with Crippen molar-refractivity contribution in [1.82, 2.24) is 15.2 Å². The number of hydrogen-bond donors (Lipinski definition) is 1. The molecule has 1 N–H and O–H groups in total. The molecule has 1 saturated heterocycles. The monoisotopic (exact) mass is 267 g/mol. The molecule has 1 aliphatic heterocycles. The van der Waals surface area contributed by atoms with Crippen LogP contribution < -0.4 is 5.32 Å². The molecule has 2 heterocycles. The summed E-state index contributed by atoms with van der Waals surface area (Å²) >= 11 is 1.82. The normalized spacial score (nSPS) is 26.5. The summed E-state index contributed by atoms with van der Waals surface area (Å²) < 4.78 is 0. The maximum atomic E-state index is 4.76. The summed E-state index contributed by atoms with van der Waals surface area (Å²) in [6.45, 7) is 8.91. The van der Waals surface area contributed by atoms with Gasteiger partial charge in [0, 0.05) is 23.7 Å². The molecular formula is C14H25N3S. The fourth-order valence-corrected chi connectivity index (χ4v) is 3.84. The van der Waals surface area contributed by atoms with Crippen molar-refractivity contribution >= 4 is 11.3 Å². The summed E-state index contributed by atoms with van der Waals surface area (Å²) in [5, 5.41) is 7.26. The van der Waals surface area contributed by atoms with Crippen LogP contribution in [0.1, 0.15) is 43.8 Å². The van der Waals surface area contributed by atoms with Crippen molar-refractivity contribution in [3.05, 3.63) is 16.1 Å². The number of rotatable bonds is 3. The van der Waals surface area contributed by atoms with Crippen LogP contribution in [0.5, 0.6) is 0 Å². The Hall–Kier alpha value is -0.450. The van der Waals surface area contributed by atoms with Crippen molar-refractivity contribution < 1.29 is 0 Å². The SMILES string of the molecule is Cc1csc(C2(NC(C)C)CCCN(C)CC2)n1. The van der Waals surface area contributed by atoms with E-state index in [1.807, 2.05) is 11.3 Å². The summed E-state index contributed by atoms with van der Waals surface area (Å²) in [5.41, 5.74) is 1.25. The lowest BCUT2D eigenvalue weighted by molar-refractivity contribution is 0.260. The predicted octanol–water partition coefficient (Wildman–Crippen LogP) is 2.76. The zero-order valence-electron chi connectivity index (χ0n) is 12.0. The molecule has 0 bridgehead atoms. The van der Waals surface area contributed by atoms with Crippen LogP contribution in [0.4, 0.5) is 0 Å². The molecule has 0 saturated carbocycles. The van der Waals surface area contributed by atoms with Gasteiger partial charge in [0.2, 0.25) is 0 Å². The lowest BCUT2D eigenvalue weighted by Crippen LogP contribution is -2.46. The van der Waals surface area contributed by atoms with Gasteiger partial charge in [0.1, 0.15) is 5.01 Å². The average Bonchev–Trinajstić information content (AvgIpc) is 2.64. The molecule has 1 unspecified atom stereocenters. The van der Waals surface area contributed by atoms with Crippen LogP contribution in [-0.4, -0.2) is 36.1 Å². The number of thiazole rings is 1. The molecule has 1 fully saturated rings. The Labute approximate surface area is 115 Å². The molecule has 0 aromatic carbocycles. The Kier molecular flexibility index (Phi) is 4.41. The Morgan fingerprint density at radius 1 is 1.39 bits per heavy atom. The lowest BCUT2D eigenvalue weighted by Gasteiger charge is -2.34. The number of likely N-dealkylation sites (tertiary alicyclic amines) is 1. The van der Waals surface area contributed by atoms with Crippen LogP contribution >= 0.6 is 11.3 Å². The molecular weight excluding hydrogens is 242 g/mol. The number of nitrogens with one attached hydrogen (secondary N) is 1. The number of nitrogens with zero attached hydrogens (tertiary/aromatic N) is 2. The molecule has 0 radical (unpaired) electrons. The summed E-state index contributed by atoms with van der Waals surface area (Å²) in [4.78, 5) is 7.20. The molecule has 1 aromatic rings. The van der Waals surface area contributed by atoms with Gasteiger partial charge in [0.05, 0.1) is 5.54 Å². The van der Waals surface area contributed by atoms with Crippen molar-refractivity contribution in [2.24, 2.45) is 0 Å². The fourth-order valence-electron chi connectivity index (χ4n) is 2.82. The predicted molar refractivity (Wildman–Crippen MR) is 78.1 cm³/mol. The first-order valence-corrected chi connectivity index (χ1v) is 7.79. The molecule has 102 valence electrons. The summed E-state index contributed by atoms with van der Waals surface area (Å²) in [7, 11) is 2.22. The van der Waals surface area contributed by atoms with E-state index in [1.165, 1.54) is 24.4 Å². The summed E-state index contributed by atoms with van der Waals surface area (Å²) in [5.74, 6) is 0. The Bertz CT molecular complexity index is 388. The topological polar surface area (TPSA) is 28.2 Å². The van der Waals surface area contributed by atoms with E-state index in [1.54, 1.807) is 0 Å². The third-order valence-corrected chi connectivity index (χ3v) is 4.82. The molecule has 0 spiro atoms. The van der Waals surface area contributed by atoms with E-state index in [-0.39, 0.29) is 5.54 Å². The molecule has 1 aromatic heterocycles. The minimum absolute atomic E-state index is 0.0951. The molecule has 1 atom stereocenters. The van der Waals surface area contributed by atoms with Crippen molar-refractivity contribution in [3.63, 3.8) is 0 Å². The highest BCUT2D eigenvalue weighted by molar-refractivity contribution is 7.09. The van der Waals surface area contributed by atoms with E-state index in [2.05, 4.69) is 43.4 Å². The second-order valence-electron chi connectivity index (χ2n) is 5.83. The molecule has 3 nitrogen and oxygen atoms in total. The minimum atomic E-state index is 0.0951. The summed E-state index contributed by atoms with van der Waals surface area (Å²) in [6, 6.07) is 0.498. The minimum Gasteiger partial charge on any atom is -0.306 e. The lowest BCUT2D eigenvalue weighted by atomic mass is 9.90. The number of aromatic nitrogens is 1. The number of aryl methyl sites for hydroxylation is 1. The largest absolute Gasteiger partial charge is 0.306 e. The van der Waals surface area contributed by atoms with Crippen LogP contribution in [0.3, 0.4) is 0 Å². The fraction of sp³-hybridized carbons (Fsp3) is 0.786. The molecule has 1 aliphatic rings. The van der Waals surface area contributed by atoms with Gasteiger partial charge in [-0.15, -0.1) is 11.3 Å². The zero-order valence-corrected chi connectivity index (χ0v) is 12.8. The van der Waals surface area contributed by atoms with Crippen LogP contribution in [0.2, 0.25) is 0 Å². The van der Waals surface area contributed by atoms with E-state index < -0.39 is 0 Å². The van der Waals surface area contributed by atoms with E-state index >= 15 is 0 Å². The molecule has 4 heteroatoms. The second-order valence-corrected chi connectivity index (χ2v) is 6.69. The van der Waals surface area contributed by atoms with Crippen LogP contribution in [0.15, 0.2) is 5.38 Å². The van der Waals surface area contributed by atoms with Gasteiger partial charge in [-0.3, -0.25) is 0 Å². The van der Waals surface area contributed by atoms with E-state index in [0.717, 1.165) is 18.7 Å². The van der Waals surface area contributed by atoms with Gasteiger partial charge >= 0.3 is 0 Å². The van der Waals surface area contributed by atoms with Crippen molar-refractivity contribution in [2.75, 3.05) is 20.1 Å². The van der Waals surface area contributed by atoms with Gasteiger partial charge < -0.3 is 10.2 Å². The van der Waals surface area contributed by atoms with Gasteiger partial charge in [-0.05, 0) is 53.6 Å². The Balaban J connectivity index is 2.27. The van der Waals surface area contributed by atoms with E-state index in [0.29, 0.717) is 6.04 Å². The highest BCUT2D eigenvalue weighted by atomic mass is 32.1. The molecule has 0 amide bonds. The highest BCUT2D eigenvalue weighted by Gasteiger charge is 2.36. The van der Waals surface area contributed by atoms with Gasteiger partial charge in [-0.25, -0.2) is 4.98 Å². The van der Waals surface area contributed by atoms with Crippen LogP contribution in [0.25, 0.3) is 0 Å². The quantitative estimate of drug-likeness (QED) is 0.913. The van der Waals surface area contributed by atoms with Gasteiger partial charge in [0.15, 0.2) is 0 Å². The molecule has 0 aliphatic carbocycles. The van der Waals surface area contributed by atoms with Gasteiger partial charge in [-0.1, -0.05) is 0 Å². The van der Waals surface area contributed by atoms with Crippen molar-refractivity contribution in [3.8, 4) is 0 Å². The highest BCUT2D eigenvalue weighted by Crippen LogP contribution is 2.35. The van der Waals surface area contributed by atoms with Crippen LogP contribution in [0, 0.1) is 6.92 Å². The van der Waals surface area contributed by atoms with Crippen molar-refractivity contribution in [1.29, 1.82) is 0 Å². The third kappa shape index (κ3) is 3.11. The molecule has 2 rings (SSSR count). The van der Waals surface area contributed by atoms with Crippen LogP contribution in [-0.2, 0) is 5.54 Å². The first kappa shape index (κ1) is 14.0. The Morgan fingerprint density at radius 2 is 2.17 bits per heavy atom. The maximum absolute atomic E-state index is 4.76. The van der Waals surface area contributed by atoms with Crippen molar-refractivity contribution in [2.45, 2.75) is 51.6 Å². The number of hydrogen-bond acceptors (Lipinski definition) is 4. The van der Waals surface area contributed by atoms with E-state index in [4.69, 9.17) is 4.98 Å². The molecule has 18 heavy (non-hydrogen) atoms. The maximum Gasteiger partial charge on any atom is 0.113 e. The van der Waals surface area contributed by atoms with Gasteiger partial charge in [0.25, 0.3) is 0 Å². The second kappa shape index (κ2) is 5.68. The first-order chi connectivity index (χ1) is 8.52. The van der Waals surface area contributed by atoms with E-state index in [9.17, 15) is 0 Å².